The molecular formula is C13H13BrFNO3. The molecule has 1 aromatic carbocycles. The van der Waals surface area contributed by atoms with Crippen LogP contribution in [0.25, 0.3) is 0 Å². The molecule has 0 aromatic heterocycles. The van der Waals surface area contributed by atoms with E-state index in [4.69, 9.17) is 5.11 Å². The predicted octanol–water partition coefficient (Wildman–Crippen LogP) is 2.67. The molecular weight excluding hydrogens is 317 g/mol. The molecule has 4 nitrogen and oxygen atoms in total. The number of halogens is 2. The van der Waals surface area contributed by atoms with E-state index in [1.54, 1.807) is 0 Å². The van der Waals surface area contributed by atoms with Crippen LogP contribution in [0, 0.1) is 5.82 Å². The second-order valence-electron chi connectivity index (χ2n) is 4.45. The molecule has 1 heterocycles. The molecule has 6 heteroatoms. The Kier molecular flexibility index (Phi) is 4.19. The summed E-state index contributed by atoms with van der Waals surface area (Å²) in [6.07, 6.45) is 1.99. The molecule has 1 aromatic rings. The maximum atomic E-state index is 13.4. The summed E-state index contributed by atoms with van der Waals surface area (Å²) in [6, 6.07) is 3.35. The summed E-state index contributed by atoms with van der Waals surface area (Å²) in [6.45, 7) is 0.388. The second-order valence-corrected chi connectivity index (χ2v) is 5.24. The second kappa shape index (κ2) is 5.69. The molecule has 1 amide bonds. The van der Waals surface area contributed by atoms with Crippen molar-refractivity contribution in [2.75, 3.05) is 6.54 Å². The highest BCUT2D eigenvalue weighted by Crippen LogP contribution is 2.25. The fourth-order valence-electron chi connectivity index (χ4n) is 2.26. The SMILES string of the molecule is O=C(O)[C@H]1CCCCN1C(=O)c1cccc(F)c1Br. The number of carbonyl (C=O) groups is 2. The zero-order valence-corrected chi connectivity index (χ0v) is 11.7. The number of benzene rings is 1. The summed E-state index contributed by atoms with van der Waals surface area (Å²) >= 11 is 3.03. The van der Waals surface area contributed by atoms with E-state index in [1.807, 2.05) is 0 Å². The van der Waals surface area contributed by atoms with Crippen LogP contribution in [0.5, 0.6) is 0 Å². The average molecular weight is 330 g/mol. The topological polar surface area (TPSA) is 57.6 Å². The smallest absolute Gasteiger partial charge is 0.326 e. The molecule has 0 saturated carbocycles. The molecule has 1 N–H and O–H groups in total. The van der Waals surface area contributed by atoms with Crippen molar-refractivity contribution in [1.82, 2.24) is 4.90 Å². The quantitative estimate of drug-likeness (QED) is 0.907. The van der Waals surface area contributed by atoms with Gasteiger partial charge in [-0.05, 0) is 47.3 Å². The van der Waals surface area contributed by atoms with Crippen LogP contribution in [0.1, 0.15) is 29.6 Å². The Labute approximate surface area is 118 Å². The van der Waals surface area contributed by atoms with E-state index in [1.165, 1.54) is 23.1 Å². The summed E-state index contributed by atoms with van der Waals surface area (Å²) in [5, 5.41) is 9.15. The summed E-state index contributed by atoms with van der Waals surface area (Å²) in [4.78, 5) is 24.8. The fourth-order valence-corrected chi connectivity index (χ4v) is 2.69. The van der Waals surface area contributed by atoms with Gasteiger partial charge in [0, 0.05) is 6.54 Å². The first-order valence-corrected chi connectivity index (χ1v) is 6.79. The van der Waals surface area contributed by atoms with E-state index in [2.05, 4.69) is 15.9 Å². The number of aliphatic carboxylic acids is 1. The van der Waals surface area contributed by atoms with Crippen LogP contribution in [0.2, 0.25) is 0 Å². The molecule has 1 fully saturated rings. The van der Waals surface area contributed by atoms with Gasteiger partial charge in [0.25, 0.3) is 5.91 Å². The van der Waals surface area contributed by atoms with Crippen molar-refractivity contribution in [2.24, 2.45) is 0 Å². The zero-order valence-electron chi connectivity index (χ0n) is 10.1. The molecule has 0 bridgehead atoms. The summed E-state index contributed by atoms with van der Waals surface area (Å²) in [5.74, 6) is -1.99. The van der Waals surface area contributed by atoms with E-state index in [9.17, 15) is 14.0 Å². The monoisotopic (exact) mass is 329 g/mol. The Morgan fingerprint density at radius 1 is 1.37 bits per heavy atom. The first-order valence-electron chi connectivity index (χ1n) is 6.00. The third-order valence-electron chi connectivity index (χ3n) is 3.23. The number of nitrogens with zero attached hydrogens (tertiary/aromatic N) is 1. The van der Waals surface area contributed by atoms with Crippen LogP contribution >= 0.6 is 15.9 Å². The van der Waals surface area contributed by atoms with Gasteiger partial charge in [0.15, 0.2) is 0 Å². The Balaban J connectivity index is 2.31. The minimum absolute atomic E-state index is 0.0784. The molecule has 1 atom stereocenters. The van der Waals surface area contributed by atoms with E-state index in [0.29, 0.717) is 13.0 Å². The lowest BCUT2D eigenvalue weighted by Gasteiger charge is -2.33. The number of piperidine rings is 1. The van der Waals surface area contributed by atoms with E-state index >= 15 is 0 Å². The molecule has 0 radical (unpaired) electrons. The lowest BCUT2D eigenvalue weighted by molar-refractivity contribution is -0.143. The number of hydrogen-bond donors (Lipinski definition) is 1. The van der Waals surface area contributed by atoms with Crippen molar-refractivity contribution < 1.29 is 19.1 Å². The molecule has 102 valence electrons. The third-order valence-corrected chi connectivity index (χ3v) is 4.04. The molecule has 0 aliphatic carbocycles. The largest absolute Gasteiger partial charge is 0.480 e. The van der Waals surface area contributed by atoms with E-state index < -0.39 is 23.7 Å². The van der Waals surface area contributed by atoms with Crippen LogP contribution in [0.3, 0.4) is 0 Å². The molecule has 0 unspecified atom stereocenters. The van der Waals surface area contributed by atoms with Gasteiger partial charge in [-0.25, -0.2) is 9.18 Å². The van der Waals surface area contributed by atoms with Gasteiger partial charge in [-0.15, -0.1) is 0 Å². The maximum absolute atomic E-state index is 13.4. The van der Waals surface area contributed by atoms with Gasteiger partial charge in [0.1, 0.15) is 11.9 Å². The first-order chi connectivity index (χ1) is 9.02. The molecule has 2 rings (SSSR count). The highest BCUT2D eigenvalue weighted by Gasteiger charge is 2.33. The fraction of sp³-hybridized carbons (Fsp3) is 0.385. The van der Waals surface area contributed by atoms with Crippen molar-refractivity contribution in [3.8, 4) is 0 Å². The Hall–Kier alpha value is -1.43. The Morgan fingerprint density at radius 3 is 2.79 bits per heavy atom. The number of carboxylic acids is 1. The van der Waals surface area contributed by atoms with Gasteiger partial charge in [-0.1, -0.05) is 6.07 Å². The normalized spacial score (nSPS) is 19.3. The molecule has 0 spiro atoms. The van der Waals surface area contributed by atoms with Gasteiger partial charge in [-0.3, -0.25) is 4.79 Å². The van der Waals surface area contributed by atoms with Crippen LogP contribution in [0.15, 0.2) is 22.7 Å². The van der Waals surface area contributed by atoms with Crippen molar-refractivity contribution in [2.45, 2.75) is 25.3 Å². The van der Waals surface area contributed by atoms with Crippen LogP contribution in [-0.2, 0) is 4.79 Å². The highest BCUT2D eigenvalue weighted by atomic mass is 79.9. The predicted molar refractivity (Wildman–Crippen MR) is 70.4 cm³/mol. The standard InChI is InChI=1S/C13H13BrFNO3/c14-11-8(4-3-5-9(11)15)12(17)16-7-2-1-6-10(16)13(18)19/h3-5,10H,1-2,6-7H2,(H,18,19)/t10-/m1/s1. The molecule has 1 saturated heterocycles. The van der Waals surface area contributed by atoms with Crippen molar-refractivity contribution >= 4 is 27.8 Å². The van der Waals surface area contributed by atoms with Gasteiger partial charge in [-0.2, -0.15) is 0 Å². The van der Waals surface area contributed by atoms with Gasteiger partial charge >= 0.3 is 5.97 Å². The van der Waals surface area contributed by atoms with Crippen LogP contribution < -0.4 is 0 Å². The Bertz CT molecular complexity index is 521. The average Bonchev–Trinajstić information content (AvgIpc) is 2.41. The summed E-state index contributed by atoms with van der Waals surface area (Å²) < 4.78 is 13.5. The number of rotatable bonds is 2. The third kappa shape index (κ3) is 2.78. The minimum atomic E-state index is -1.01. The highest BCUT2D eigenvalue weighted by molar-refractivity contribution is 9.10. The molecule has 19 heavy (non-hydrogen) atoms. The van der Waals surface area contributed by atoms with Crippen LogP contribution in [0.4, 0.5) is 4.39 Å². The number of amides is 1. The molecule has 1 aliphatic rings. The Morgan fingerprint density at radius 2 is 2.11 bits per heavy atom. The van der Waals surface area contributed by atoms with Gasteiger partial charge < -0.3 is 10.0 Å². The lowest BCUT2D eigenvalue weighted by Crippen LogP contribution is -2.48. The zero-order chi connectivity index (χ0) is 14.0. The van der Waals surface area contributed by atoms with E-state index in [-0.39, 0.29) is 10.0 Å². The number of likely N-dealkylation sites (tertiary alicyclic amines) is 1. The van der Waals surface area contributed by atoms with Gasteiger partial charge in [0.2, 0.25) is 0 Å². The summed E-state index contributed by atoms with van der Waals surface area (Å²) in [7, 11) is 0. The lowest BCUT2D eigenvalue weighted by atomic mass is 10.0. The van der Waals surface area contributed by atoms with Crippen molar-refractivity contribution in [1.29, 1.82) is 0 Å². The first kappa shape index (κ1) is 14.0. The maximum Gasteiger partial charge on any atom is 0.326 e. The number of carbonyl (C=O) groups excluding carboxylic acids is 1. The minimum Gasteiger partial charge on any atom is -0.480 e. The van der Waals surface area contributed by atoms with Gasteiger partial charge in [0.05, 0.1) is 10.0 Å². The number of hydrogen-bond acceptors (Lipinski definition) is 2. The molecule has 1 aliphatic heterocycles. The van der Waals surface area contributed by atoms with Crippen molar-refractivity contribution in [3.63, 3.8) is 0 Å². The van der Waals surface area contributed by atoms with E-state index in [0.717, 1.165) is 12.8 Å². The van der Waals surface area contributed by atoms with Crippen LogP contribution in [-0.4, -0.2) is 34.5 Å². The number of carboxylic acid groups (broad SMARTS) is 1. The summed E-state index contributed by atoms with van der Waals surface area (Å²) in [5.41, 5.74) is 0.160. The van der Waals surface area contributed by atoms with Crippen molar-refractivity contribution in [3.05, 3.63) is 34.1 Å².